The van der Waals surface area contributed by atoms with E-state index in [9.17, 15) is 0 Å². The van der Waals surface area contributed by atoms with Crippen molar-refractivity contribution in [3.05, 3.63) is 23.4 Å². The van der Waals surface area contributed by atoms with Crippen LogP contribution in [0.3, 0.4) is 0 Å². The normalized spacial score (nSPS) is 11.1. The van der Waals surface area contributed by atoms with Crippen LogP contribution in [0.2, 0.25) is 0 Å². The number of nitrogens with zero attached hydrogens (tertiary/aromatic N) is 2. The van der Waals surface area contributed by atoms with Crippen LogP contribution in [0.25, 0.3) is 0 Å². The quantitative estimate of drug-likeness (QED) is 0.693. The third-order valence-electron chi connectivity index (χ3n) is 3.48. The lowest BCUT2D eigenvalue weighted by atomic mass is 10.1. The van der Waals surface area contributed by atoms with E-state index in [1.165, 1.54) is 30.5 Å². The lowest BCUT2D eigenvalue weighted by molar-refractivity contribution is 0.671. The van der Waals surface area contributed by atoms with Gasteiger partial charge in [0.05, 0.1) is 0 Å². The number of hydrogen-bond acceptors (Lipinski definition) is 3. The Morgan fingerprint density at radius 3 is 2.55 bits per heavy atom. The van der Waals surface area contributed by atoms with Crippen molar-refractivity contribution in [2.45, 2.75) is 59.4 Å². The highest BCUT2D eigenvalue weighted by molar-refractivity contribution is 5.42. The Morgan fingerprint density at radius 2 is 1.95 bits per heavy atom. The SMILES string of the molecule is CCCCN(C)c1cc(CNCCC)cc(C(C)C)n1. The summed E-state index contributed by atoms with van der Waals surface area (Å²) in [4.78, 5) is 7.09. The number of nitrogens with one attached hydrogen (secondary N) is 1. The molecule has 1 heterocycles. The van der Waals surface area contributed by atoms with E-state index < -0.39 is 0 Å². The molecule has 0 radical (unpaired) electrons. The number of anilines is 1. The Morgan fingerprint density at radius 1 is 1.20 bits per heavy atom. The van der Waals surface area contributed by atoms with Crippen LogP contribution in [-0.4, -0.2) is 25.1 Å². The molecule has 0 spiro atoms. The molecule has 20 heavy (non-hydrogen) atoms. The smallest absolute Gasteiger partial charge is 0.128 e. The molecule has 3 heteroatoms. The van der Waals surface area contributed by atoms with Gasteiger partial charge in [0.1, 0.15) is 5.82 Å². The van der Waals surface area contributed by atoms with Crippen LogP contribution in [-0.2, 0) is 6.54 Å². The van der Waals surface area contributed by atoms with Gasteiger partial charge in [0.2, 0.25) is 0 Å². The number of hydrogen-bond donors (Lipinski definition) is 1. The third-order valence-corrected chi connectivity index (χ3v) is 3.48. The average Bonchev–Trinajstić information content (AvgIpc) is 2.44. The van der Waals surface area contributed by atoms with E-state index in [1.54, 1.807) is 0 Å². The lowest BCUT2D eigenvalue weighted by Crippen LogP contribution is -2.21. The van der Waals surface area contributed by atoms with Gasteiger partial charge in [-0.15, -0.1) is 0 Å². The Hall–Kier alpha value is -1.09. The molecule has 3 nitrogen and oxygen atoms in total. The van der Waals surface area contributed by atoms with Crippen LogP contribution in [0, 0.1) is 0 Å². The van der Waals surface area contributed by atoms with Crippen molar-refractivity contribution in [3.8, 4) is 0 Å². The minimum Gasteiger partial charge on any atom is -0.360 e. The molecule has 0 saturated carbocycles. The highest BCUT2D eigenvalue weighted by atomic mass is 15.2. The van der Waals surface area contributed by atoms with Gasteiger partial charge < -0.3 is 10.2 Å². The molecule has 1 N–H and O–H groups in total. The summed E-state index contributed by atoms with van der Waals surface area (Å²) in [6.45, 7) is 11.9. The maximum atomic E-state index is 4.81. The van der Waals surface area contributed by atoms with Gasteiger partial charge in [-0.25, -0.2) is 4.98 Å². The largest absolute Gasteiger partial charge is 0.360 e. The summed E-state index contributed by atoms with van der Waals surface area (Å²) < 4.78 is 0. The zero-order valence-corrected chi connectivity index (χ0v) is 13.9. The molecule has 0 amide bonds. The highest BCUT2D eigenvalue weighted by Gasteiger charge is 2.09. The van der Waals surface area contributed by atoms with Crippen LogP contribution in [0.15, 0.2) is 12.1 Å². The van der Waals surface area contributed by atoms with Crippen molar-refractivity contribution >= 4 is 5.82 Å². The van der Waals surface area contributed by atoms with E-state index >= 15 is 0 Å². The minimum absolute atomic E-state index is 0.472. The second-order valence-electron chi connectivity index (χ2n) is 5.87. The molecule has 0 aromatic carbocycles. The van der Waals surface area contributed by atoms with Crippen molar-refractivity contribution in [2.75, 3.05) is 25.0 Å². The number of unbranched alkanes of at least 4 members (excludes halogenated alkanes) is 1. The van der Waals surface area contributed by atoms with Crippen LogP contribution in [0.5, 0.6) is 0 Å². The molecule has 0 aliphatic rings. The number of rotatable bonds is 9. The minimum atomic E-state index is 0.472. The summed E-state index contributed by atoms with van der Waals surface area (Å²) in [6, 6.07) is 4.47. The van der Waals surface area contributed by atoms with E-state index in [2.05, 4.69) is 57.1 Å². The first-order chi connectivity index (χ1) is 9.58. The monoisotopic (exact) mass is 277 g/mol. The summed E-state index contributed by atoms with van der Waals surface area (Å²) in [7, 11) is 2.14. The highest BCUT2D eigenvalue weighted by Crippen LogP contribution is 2.20. The first-order valence-electron chi connectivity index (χ1n) is 8.01. The van der Waals surface area contributed by atoms with Gasteiger partial charge in [0, 0.05) is 25.8 Å². The molecule has 0 atom stereocenters. The number of pyridine rings is 1. The molecule has 0 aliphatic carbocycles. The number of aromatic nitrogens is 1. The fraction of sp³-hybridized carbons (Fsp3) is 0.706. The zero-order valence-electron chi connectivity index (χ0n) is 13.9. The molecule has 1 rings (SSSR count). The first kappa shape index (κ1) is 17.0. The molecule has 1 aromatic heterocycles. The Labute approximate surface area is 124 Å². The lowest BCUT2D eigenvalue weighted by Gasteiger charge is -2.20. The van der Waals surface area contributed by atoms with Crippen molar-refractivity contribution in [3.63, 3.8) is 0 Å². The summed E-state index contributed by atoms with van der Waals surface area (Å²) in [5.41, 5.74) is 2.54. The molecular weight excluding hydrogens is 246 g/mol. The van der Waals surface area contributed by atoms with Gasteiger partial charge >= 0.3 is 0 Å². The van der Waals surface area contributed by atoms with Crippen LogP contribution in [0.4, 0.5) is 5.82 Å². The van der Waals surface area contributed by atoms with Gasteiger partial charge in [-0.2, -0.15) is 0 Å². The molecule has 0 saturated heterocycles. The Kier molecular flexibility index (Phi) is 7.60. The van der Waals surface area contributed by atoms with E-state index in [1.807, 2.05) is 0 Å². The average molecular weight is 277 g/mol. The summed E-state index contributed by atoms with van der Waals surface area (Å²) in [5, 5.41) is 3.48. The summed E-state index contributed by atoms with van der Waals surface area (Å²) in [5.74, 6) is 1.58. The zero-order chi connectivity index (χ0) is 15.0. The van der Waals surface area contributed by atoms with Gasteiger partial charge in [-0.3, -0.25) is 0 Å². The molecular formula is C17H31N3. The van der Waals surface area contributed by atoms with E-state index in [4.69, 9.17) is 4.98 Å². The second-order valence-corrected chi connectivity index (χ2v) is 5.87. The van der Waals surface area contributed by atoms with Crippen LogP contribution >= 0.6 is 0 Å². The molecule has 0 bridgehead atoms. The van der Waals surface area contributed by atoms with Crippen molar-refractivity contribution in [1.82, 2.24) is 10.3 Å². The summed E-state index contributed by atoms with van der Waals surface area (Å²) >= 11 is 0. The van der Waals surface area contributed by atoms with Crippen molar-refractivity contribution in [2.24, 2.45) is 0 Å². The Balaban J connectivity index is 2.86. The predicted octanol–water partition coefficient (Wildman–Crippen LogP) is 3.94. The topological polar surface area (TPSA) is 28.2 Å². The second kappa shape index (κ2) is 8.96. The standard InChI is InChI=1S/C17H31N3/c1-6-8-10-20(5)17-12-15(13-18-9-7-2)11-16(19-17)14(3)4/h11-12,14,18H,6-10,13H2,1-5H3. The maximum Gasteiger partial charge on any atom is 0.128 e. The van der Waals surface area contributed by atoms with E-state index in [-0.39, 0.29) is 0 Å². The van der Waals surface area contributed by atoms with Gasteiger partial charge in [0.25, 0.3) is 0 Å². The van der Waals surface area contributed by atoms with Gasteiger partial charge in [-0.1, -0.05) is 34.1 Å². The molecule has 0 unspecified atom stereocenters. The Bertz CT molecular complexity index is 388. The summed E-state index contributed by atoms with van der Waals surface area (Å²) in [6.07, 6.45) is 3.61. The van der Waals surface area contributed by atoms with E-state index in [0.717, 1.165) is 25.5 Å². The third kappa shape index (κ3) is 5.49. The maximum absolute atomic E-state index is 4.81. The van der Waals surface area contributed by atoms with E-state index in [0.29, 0.717) is 5.92 Å². The fourth-order valence-electron chi connectivity index (χ4n) is 2.11. The predicted molar refractivity (Wildman–Crippen MR) is 88.5 cm³/mol. The molecule has 114 valence electrons. The molecule has 0 fully saturated rings. The molecule has 0 aliphatic heterocycles. The van der Waals surface area contributed by atoms with Crippen LogP contribution < -0.4 is 10.2 Å². The molecule has 1 aromatic rings. The van der Waals surface area contributed by atoms with Gasteiger partial charge in [-0.05, 0) is 43.0 Å². The fourth-order valence-corrected chi connectivity index (χ4v) is 2.11. The van der Waals surface area contributed by atoms with Crippen molar-refractivity contribution in [1.29, 1.82) is 0 Å². The van der Waals surface area contributed by atoms with Crippen LogP contribution in [0.1, 0.15) is 64.1 Å². The van der Waals surface area contributed by atoms with Gasteiger partial charge in [0.15, 0.2) is 0 Å². The van der Waals surface area contributed by atoms with Crippen molar-refractivity contribution < 1.29 is 0 Å². The first-order valence-corrected chi connectivity index (χ1v) is 8.01.